The number of nitrogens with two attached hydrogens (primary N) is 1. The second kappa shape index (κ2) is 5.40. The lowest BCUT2D eigenvalue weighted by Crippen LogP contribution is -2.29. The van der Waals surface area contributed by atoms with Crippen LogP contribution in [0.4, 0.5) is 0 Å². The second-order valence-corrected chi connectivity index (χ2v) is 5.59. The van der Waals surface area contributed by atoms with Crippen molar-refractivity contribution in [2.24, 2.45) is 18.7 Å². The molecule has 1 aromatic heterocycles. The van der Waals surface area contributed by atoms with Gasteiger partial charge in [-0.15, -0.1) is 0 Å². The summed E-state index contributed by atoms with van der Waals surface area (Å²) in [6, 6.07) is 0.323. The highest BCUT2D eigenvalue weighted by molar-refractivity contribution is 6.31. The third-order valence-electron chi connectivity index (χ3n) is 3.98. The van der Waals surface area contributed by atoms with Crippen LogP contribution in [0.2, 0.25) is 5.02 Å². The fourth-order valence-electron chi connectivity index (χ4n) is 2.88. The van der Waals surface area contributed by atoms with Crippen molar-refractivity contribution in [2.45, 2.75) is 51.5 Å². The Hall–Kier alpha value is -0.540. The van der Waals surface area contributed by atoms with Crippen molar-refractivity contribution in [1.29, 1.82) is 0 Å². The van der Waals surface area contributed by atoms with E-state index in [4.69, 9.17) is 17.3 Å². The van der Waals surface area contributed by atoms with E-state index in [-0.39, 0.29) is 0 Å². The third kappa shape index (κ3) is 2.83. The fourth-order valence-corrected chi connectivity index (χ4v) is 3.13. The number of aromatic nitrogens is 2. The topological polar surface area (TPSA) is 43.8 Å². The molecule has 2 rings (SSSR count). The monoisotopic (exact) mass is 255 g/mol. The molecule has 96 valence electrons. The molecule has 1 unspecified atom stereocenters. The van der Waals surface area contributed by atoms with Crippen molar-refractivity contribution >= 4 is 11.6 Å². The van der Waals surface area contributed by atoms with Gasteiger partial charge >= 0.3 is 0 Å². The van der Waals surface area contributed by atoms with Gasteiger partial charge < -0.3 is 5.73 Å². The van der Waals surface area contributed by atoms with Crippen LogP contribution in [0.25, 0.3) is 0 Å². The third-order valence-corrected chi connectivity index (χ3v) is 4.47. The Morgan fingerprint density at radius 3 is 2.65 bits per heavy atom. The van der Waals surface area contributed by atoms with Gasteiger partial charge in [0.05, 0.1) is 16.4 Å². The van der Waals surface area contributed by atoms with Crippen LogP contribution in [0.5, 0.6) is 0 Å². The van der Waals surface area contributed by atoms with E-state index in [1.165, 1.54) is 25.7 Å². The van der Waals surface area contributed by atoms with Crippen molar-refractivity contribution in [3.63, 3.8) is 0 Å². The molecule has 1 fully saturated rings. The lowest BCUT2D eigenvalue weighted by Gasteiger charge is -2.18. The average molecular weight is 256 g/mol. The van der Waals surface area contributed by atoms with Crippen LogP contribution in [0.3, 0.4) is 0 Å². The standard InChI is InChI=1S/C13H22ClN3/c1-9-13(14)12(17(2)16-9)8-7-11(15)10-5-3-4-6-10/h10-11H,3-8,15H2,1-2H3. The summed E-state index contributed by atoms with van der Waals surface area (Å²) in [5, 5.41) is 5.14. The molecule has 0 amide bonds. The molecule has 0 saturated heterocycles. The number of hydrogen-bond acceptors (Lipinski definition) is 2. The van der Waals surface area contributed by atoms with Gasteiger partial charge in [0.2, 0.25) is 0 Å². The highest BCUT2D eigenvalue weighted by Crippen LogP contribution is 2.29. The van der Waals surface area contributed by atoms with Crippen LogP contribution in [-0.2, 0) is 13.5 Å². The summed E-state index contributed by atoms with van der Waals surface area (Å²) in [6.07, 6.45) is 7.27. The molecule has 1 saturated carbocycles. The molecule has 0 aromatic carbocycles. The number of aryl methyl sites for hydroxylation is 2. The molecule has 1 heterocycles. The number of nitrogens with zero attached hydrogens (tertiary/aromatic N) is 2. The van der Waals surface area contributed by atoms with Crippen LogP contribution in [-0.4, -0.2) is 15.8 Å². The van der Waals surface area contributed by atoms with Gasteiger partial charge in [-0.3, -0.25) is 4.68 Å². The van der Waals surface area contributed by atoms with Crippen LogP contribution in [0.1, 0.15) is 43.5 Å². The molecule has 0 aliphatic heterocycles. The van der Waals surface area contributed by atoms with E-state index >= 15 is 0 Å². The van der Waals surface area contributed by atoms with Gasteiger partial charge in [0.15, 0.2) is 0 Å². The highest BCUT2D eigenvalue weighted by Gasteiger charge is 2.22. The lowest BCUT2D eigenvalue weighted by atomic mass is 9.94. The largest absolute Gasteiger partial charge is 0.327 e. The fraction of sp³-hybridized carbons (Fsp3) is 0.769. The van der Waals surface area contributed by atoms with Gasteiger partial charge in [0.1, 0.15) is 0 Å². The highest BCUT2D eigenvalue weighted by atomic mass is 35.5. The average Bonchev–Trinajstić information content (AvgIpc) is 2.88. The first kappa shape index (κ1) is 12.9. The van der Waals surface area contributed by atoms with Crippen molar-refractivity contribution < 1.29 is 0 Å². The van der Waals surface area contributed by atoms with E-state index in [0.29, 0.717) is 6.04 Å². The van der Waals surface area contributed by atoms with E-state index in [1.54, 1.807) is 0 Å². The summed E-state index contributed by atoms with van der Waals surface area (Å²) >= 11 is 6.23. The van der Waals surface area contributed by atoms with Crippen LogP contribution < -0.4 is 5.73 Å². The molecule has 2 N–H and O–H groups in total. The van der Waals surface area contributed by atoms with E-state index < -0.39 is 0 Å². The maximum atomic E-state index is 6.26. The molecule has 1 aromatic rings. The van der Waals surface area contributed by atoms with Gasteiger partial charge in [0, 0.05) is 13.1 Å². The smallest absolute Gasteiger partial charge is 0.0846 e. The summed E-state index contributed by atoms with van der Waals surface area (Å²) in [5.74, 6) is 0.725. The van der Waals surface area contributed by atoms with E-state index in [9.17, 15) is 0 Å². The summed E-state index contributed by atoms with van der Waals surface area (Å²) in [4.78, 5) is 0. The predicted octanol–water partition coefficient (Wildman–Crippen LogP) is 2.83. The molecule has 1 aliphatic carbocycles. The Labute approximate surface area is 108 Å². The predicted molar refractivity (Wildman–Crippen MR) is 71.2 cm³/mol. The maximum absolute atomic E-state index is 6.26. The lowest BCUT2D eigenvalue weighted by molar-refractivity contribution is 0.407. The quantitative estimate of drug-likeness (QED) is 0.899. The molecule has 4 heteroatoms. The van der Waals surface area contributed by atoms with Gasteiger partial charge in [-0.1, -0.05) is 24.4 Å². The van der Waals surface area contributed by atoms with Gasteiger partial charge in [-0.25, -0.2) is 0 Å². The SMILES string of the molecule is Cc1nn(C)c(CCC(N)C2CCCC2)c1Cl. The normalized spacial score (nSPS) is 18.8. The van der Waals surface area contributed by atoms with Crippen LogP contribution in [0.15, 0.2) is 0 Å². The summed E-state index contributed by atoms with van der Waals surface area (Å²) in [5.41, 5.74) is 8.30. The molecule has 3 nitrogen and oxygen atoms in total. The number of rotatable bonds is 4. The first-order valence-corrected chi connectivity index (χ1v) is 6.91. The molecule has 17 heavy (non-hydrogen) atoms. The van der Waals surface area contributed by atoms with Crippen molar-refractivity contribution in [3.05, 3.63) is 16.4 Å². The number of hydrogen-bond donors (Lipinski definition) is 1. The zero-order chi connectivity index (χ0) is 12.4. The molecule has 1 aliphatic rings. The van der Waals surface area contributed by atoms with Crippen LogP contribution >= 0.6 is 11.6 Å². The second-order valence-electron chi connectivity index (χ2n) is 5.22. The Kier molecular flexibility index (Phi) is 4.10. The Morgan fingerprint density at radius 1 is 1.47 bits per heavy atom. The van der Waals surface area contributed by atoms with E-state index in [1.807, 2.05) is 18.7 Å². The minimum absolute atomic E-state index is 0.323. The molecular weight excluding hydrogens is 234 g/mol. The van der Waals surface area contributed by atoms with Gasteiger partial charge in [-0.05, 0) is 38.5 Å². The molecule has 0 spiro atoms. The van der Waals surface area contributed by atoms with Gasteiger partial charge in [-0.2, -0.15) is 5.10 Å². The maximum Gasteiger partial charge on any atom is 0.0846 e. The molecule has 0 bridgehead atoms. The van der Waals surface area contributed by atoms with Crippen LogP contribution in [0, 0.1) is 12.8 Å². The first-order chi connectivity index (χ1) is 8.09. The molecular formula is C13H22ClN3. The summed E-state index contributed by atoms with van der Waals surface area (Å²) in [7, 11) is 1.95. The minimum atomic E-state index is 0.323. The molecule has 0 radical (unpaired) electrons. The zero-order valence-corrected chi connectivity index (χ0v) is 11.5. The van der Waals surface area contributed by atoms with Crippen molar-refractivity contribution in [2.75, 3.05) is 0 Å². The van der Waals surface area contributed by atoms with E-state index in [0.717, 1.165) is 35.2 Å². The van der Waals surface area contributed by atoms with Crippen molar-refractivity contribution in [1.82, 2.24) is 9.78 Å². The zero-order valence-electron chi connectivity index (χ0n) is 10.7. The summed E-state index contributed by atoms with van der Waals surface area (Å²) in [6.45, 7) is 1.95. The van der Waals surface area contributed by atoms with E-state index in [2.05, 4.69) is 5.10 Å². The summed E-state index contributed by atoms with van der Waals surface area (Å²) < 4.78 is 1.89. The number of halogens is 1. The molecule has 1 atom stereocenters. The van der Waals surface area contributed by atoms with Gasteiger partial charge in [0.25, 0.3) is 0 Å². The Balaban J connectivity index is 1.92. The Bertz CT molecular complexity index is 380. The van der Waals surface area contributed by atoms with Crippen molar-refractivity contribution in [3.8, 4) is 0 Å². The first-order valence-electron chi connectivity index (χ1n) is 6.53. The minimum Gasteiger partial charge on any atom is -0.327 e. The Morgan fingerprint density at radius 2 is 2.12 bits per heavy atom.